The molecule has 0 amide bonds. The van der Waals surface area contributed by atoms with Crippen LogP contribution in [0.5, 0.6) is 0 Å². The fourth-order valence-corrected chi connectivity index (χ4v) is 1.72. The van der Waals surface area contributed by atoms with Gasteiger partial charge in [0.1, 0.15) is 0 Å². The average molecular weight is 213 g/mol. The number of benzene rings is 1. The Labute approximate surface area is 95.3 Å². The van der Waals surface area contributed by atoms with E-state index in [4.69, 9.17) is 5.84 Å². The maximum absolute atomic E-state index is 5.60. The molecule has 3 nitrogen and oxygen atoms in total. The number of hydrogen-bond acceptors (Lipinski definition) is 3. The van der Waals surface area contributed by atoms with Gasteiger partial charge in [-0.3, -0.25) is 10.8 Å². The Balaban J connectivity index is 2.37. The number of nitrogens with zero attached hydrogens (tertiary/aromatic N) is 1. The van der Waals surface area contributed by atoms with Gasteiger partial charge in [-0.15, -0.1) is 0 Å². The number of pyridine rings is 1. The zero-order valence-electron chi connectivity index (χ0n) is 9.22. The van der Waals surface area contributed by atoms with E-state index in [1.54, 1.807) is 0 Å². The van der Waals surface area contributed by atoms with E-state index in [-0.39, 0.29) is 6.04 Å². The van der Waals surface area contributed by atoms with Gasteiger partial charge in [-0.05, 0) is 24.6 Å². The quantitative estimate of drug-likeness (QED) is 0.605. The van der Waals surface area contributed by atoms with Crippen LogP contribution in [0.15, 0.2) is 48.5 Å². The summed E-state index contributed by atoms with van der Waals surface area (Å²) in [6.45, 7) is 1.97. The van der Waals surface area contributed by atoms with Crippen LogP contribution in [0.2, 0.25) is 0 Å². The minimum absolute atomic E-state index is 0.0545. The van der Waals surface area contributed by atoms with Crippen LogP contribution >= 0.6 is 0 Å². The lowest BCUT2D eigenvalue weighted by molar-refractivity contribution is 0.619. The number of nitrogens with two attached hydrogens (primary N) is 1. The third kappa shape index (κ3) is 2.27. The van der Waals surface area contributed by atoms with Gasteiger partial charge in [0.15, 0.2) is 0 Å². The van der Waals surface area contributed by atoms with E-state index < -0.39 is 0 Å². The summed E-state index contributed by atoms with van der Waals surface area (Å²) in [5, 5.41) is 0. The highest BCUT2D eigenvalue weighted by atomic mass is 15.2. The van der Waals surface area contributed by atoms with Crippen LogP contribution in [0.1, 0.15) is 23.0 Å². The summed E-state index contributed by atoms with van der Waals surface area (Å²) in [5.74, 6) is 5.60. The molecule has 0 radical (unpaired) electrons. The number of nitrogens with one attached hydrogen (secondary N) is 1. The second-order valence-corrected chi connectivity index (χ2v) is 3.71. The van der Waals surface area contributed by atoms with Crippen LogP contribution in [-0.4, -0.2) is 4.98 Å². The fraction of sp³-hybridized carbons (Fsp3) is 0.154. The van der Waals surface area contributed by atoms with Gasteiger partial charge >= 0.3 is 0 Å². The molecule has 1 atom stereocenters. The Bertz CT molecular complexity index is 454. The smallest absolute Gasteiger partial charge is 0.0881 e. The molecule has 0 aliphatic rings. The van der Waals surface area contributed by atoms with E-state index in [1.807, 2.05) is 55.5 Å². The lowest BCUT2D eigenvalue weighted by atomic mass is 10.0. The normalized spacial score (nSPS) is 12.4. The maximum atomic E-state index is 5.60. The number of rotatable bonds is 3. The van der Waals surface area contributed by atoms with Crippen LogP contribution in [0.4, 0.5) is 0 Å². The summed E-state index contributed by atoms with van der Waals surface area (Å²) >= 11 is 0. The molecular weight excluding hydrogens is 198 g/mol. The van der Waals surface area contributed by atoms with E-state index in [1.165, 1.54) is 0 Å². The third-order valence-corrected chi connectivity index (χ3v) is 2.51. The Morgan fingerprint density at radius 1 is 1.06 bits per heavy atom. The molecule has 0 aliphatic heterocycles. The second kappa shape index (κ2) is 4.88. The summed E-state index contributed by atoms with van der Waals surface area (Å²) in [4.78, 5) is 4.48. The van der Waals surface area contributed by atoms with Crippen LogP contribution in [-0.2, 0) is 0 Å². The summed E-state index contributed by atoms with van der Waals surface area (Å²) in [6.07, 6.45) is 0. The third-order valence-electron chi connectivity index (χ3n) is 2.51. The van der Waals surface area contributed by atoms with Crippen molar-refractivity contribution in [3.05, 3.63) is 65.5 Å². The van der Waals surface area contributed by atoms with Gasteiger partial charge in [-0.2, -0.15) is 0 Å². The van der Waals surface area contributed by atoms with Gasteiger partial charge in [-0.25, -0.2) is 5.43 Å². The van der Waals surface area contributed by atoms with Crippen molar-refractivity contribution < 1.29 is 0 Å². The van der Waals surface area contributed by atoms with E-state index in [0.29, 0.717) is 0 Å². The highest BCUT2D eigenvalue weighted by Gasteiger charge is 2.12. The molecule has 16 heavy (non-hydrogen) atoms. The second-order valence-electron chi connectivity index (χ2n) is 3.71. The highest BCUT2D eigenvalue weighted by Crippen LogP contribution is 2.19. The molecule has 2 rings (SSSR count). The van der Waals surface area contributed by atoms with Gasteiger partial charge in [0.25, 0.3) is 0 Å². The fourth-order valence-electron chi connectivity index (χ4n) is 1.72. The maximum Gasteiger partial charge on any atom is 0.0881 e. The first-order valence-electron chi connectivity index (χ1n) is 5.26. The first-order chi connectivity index (χ1) is 7.81. The molecule has 0 bridgehead atoms. The van der Waals surface area contributed by atoms with E-state index in [0.717, 1.165) is 17.0 Å². The lowest BCUT2D eigenvalue weighted by Crippen LogP contribution is -2.29. The molecular formula is C13H15N3. The minimum Gasteiger partial charge on any atom is -0.271 e. The first-order valence-corrected chi connectivity index (χ1v) is 5.26. The Kier molecular flexibility index (Phi) is 3.29. The zero-order chi connectivity index (χ0) is 11.4. The van der Waals surface area contributed by atoms with Gasteiger partial charge in [0.05, 0.1) is 11.7 Å². The molecule has 0 fully saturated rings. The number of hydrogen-bond donors (Lipinski definition) is 2. The van der Waals surface area contributed by atoms with E-state index in [2.05, 4.69) is 10.4 Å². The molecule has 0 saturated carbocycles. The molecule has 3 N–H and O–H groups in total. The van der Waals surface area contributed by atoms with Crippen LogP contribution < -0.4 is 11.3 Å². The summed E-state index contributed by atoms with van der Waals surface area (Å²) in [7, 11) is 0. The van der Waals surface area contributed by atoms with Gasteiger partial charge in [0, 0.05) is 5.69 Å². The van der Waals surface area contributed by atoms with Crippen molar-refractivity contribution >= 4 is 0 Å². The standard InChI is InChI=1S/C13H15N3/c1-10-6-5-9-12(15-10)13(16-14)11-7-3-2-4-8-11/h2-9,13,16H,14H2,1H3. The number of aromatic nitrogens is 1. The van der Waals surface area contributed by atoms with Crippen molar-refractivity contribution in [2.45, 2.75) is 13.0 Å². The SMILES string of the molecule is Cc1cccc(C(NN)c2ccccc2)n1. The molecule has 82 valence electrons. The molecule has 0 spiro atoms. The Morgan fingerprint density at radius 3 is 2.44 bits per heavy atom. The largest absolute Gasteiger partial charge is 0.271 e. The van der Waals surface area contributed by atoms with Gasteiger partial charge in [-0.1, -0.05) is 36.4 Å². The molecule has 1 heterocycles. The Hall–Kier alpha value is -1.71. The molecule has 1 aromatic heterocycles. The van der Waals surface area contributed by atoms with Crippen LogP contribution in [0.25, 0.3) is 0 Å². The molecule has 1 aromatic carbocycles. The number of hydrazine groups is 1. The molecule has 1 unspecified atom stereocenters. The topological polar surface area (TPSA) is 50.9 Å². The van der Waals surface area contributed by atoms with Crippen molar-refractivity contribution in [2.24, 2.45) is 5.84 Å². The lowest BCUT2D eigenvalue weighted by Gasteiger charge is -2.16. The van der Waals surface area contributed by atoms with Crippen LogP contribution in [0, 0.1) is 6.92 Å². The zero-order valence-corrected chi connectivity index (χ0v) is 9.22. The van der Waals surface area contributed by atoms with E-state index >= 15 is 0 Å². The monoisotopic (exact) mass is 213 g/mol. The van der Waals surface area contributed by atoms with Gasteiger partial charge < -0.3 is 0 Å². The van der Waals surface area contributed by atoms with Crippen molar-refractivity contribution in [2.75, 3.05) is 0 Å². The van der Waals surface area contributed by atoms with Crippen molar-refractivity contribution in [1.29, 1.82) is 0 Å². The highest BCUT2D eigenvalue weighted by molar-refractivity contribution is 5.28. The first kappa shape index (κ1) is 10.8. The molecule has 2 aromatic rings. The van der Waals surface area contributed by atoms with Crippen molar-refractivity contribution in [3.8, 4) is 0 Å². The summed E-state index contributed by atoms with van der Waals surface area (Å²) < 4.78 is 0. The number of aryl methyl sites for hydroxylation is 1. The van der Waals surface area contributed by atoms with Gasteiger partial charge in [0.2, 0.25) is 0 Å². The molecule has 3 heteroatoms. The molecule has 0 saturated heterocycles. The van der Waals surface area contributed by atoms with Crippen LogP contribution in [0.3, 0.4) is 0 Å². The average Bonchev–Trinajstić information content (AvgIpc) is 2.31. The predicted molar refractivity (Wildman–Crippen MR) is 64.6 cm³/mol. The van der Waals surface area contributed by atoms with Crippen molar-refractivity contribution in [1.82, 2.24) is 10.4 Å². The predicted octanol–water partition coefficient (Wildman–Crippen LogP) is 1.94. The summed E-state index contributed by atoms with van der Waals surface area (Å²) in [6, 6.07) is 15.9. The Morgan fingerprint density at radius 2 is 1.81 bits per heavy atom. The van der Waals surface area contributed by atoms with Crippen molar-refractivity contribution in [3.63, 3.8) is 0 Å². The molecule has 0 aliphatic carbocycles. The minimum atomic E-state index is -0.0545. The summed E-state index contributed by atoms with van der Waals surface area (Å²) in [5.41, 5.74) is 5.85. The van der Waals surface area contributed by atoms with E-state index in [9.17, 15) is 0 Å².